The van der Waals surface area contributed by atoms with E-state index >= 15 is 0 Å². The summed E-state index contributed by atoms with van der Waals surface area (Å²) in [5.74, 6) is 6.74. The summed E-state index contributed by atoms with van der Waals surface area (Å²) in [7, 11) is 0. The first-order valence-corrected chi connectivity index (χ1v) is 9.05. The van der Waals surface area contributed by atoms with E-state index in [0.29, 0.717) is 6.61 Å². The summed E-state index contributed by atoms with van der Waals surface area (Å²) < 4.78 is 5.96. The Morgan fingerprint density at radius 2 is 1.44 bits per heavy atom. The molecule has 0 saturated heterocycles. The van der Waals surface area contributed by atoms with Crippen molar-refractivity contribution in [2.24, 2.45) is 5.84 Å². The number of ether oxygens (including phenoxy) is 1. The van der Waals surface area contributed by atoms with Crippen LogP contribution in [-0.2, 0) is 6.61 Å². The summed E-state index contributed by atoms with van der Waals surface area (Å²) in [6.07, 6.45) is 0. The molecular weight excluding hydrogens is 332 g/mol. The monoisotopic (exact) mass is 354 g/mol. The van der Waals surface area contributed by atoms with Crippen LogP contribution in [0.4, 0.5) is 0 Å². The van der Waals surface area contributed by atoms with Crippen LogP contribution in [0.5, 0.6) is 5.75 Å². The van der Waals surface area contributed by atoms with Gasteiger partial charge >= 0.3 is 0 Å². The Labute approximate surface area is 159 Å². The van der Waals surface area contributed by atoms with Gasteiger partial charge < -0.3 is 4.74 Å². The fraction of sp³-hybridized carbons (Fsp3) is 0.0833. The predicted octanol–water partition coefficient (Wildman–Crippen LogP) is 4.97. The highest BCUT2D eigenvalue weighted by Crippen LogP contribution is 2.27. The Hall–Kier alpha value is -3.14. The average Bonchev–Trinajstić information content (AvgIpc) is 2.74. The first-order valence-electron chi connectivity index (χ1n) is 9.05. The molecule has 134 valence electrons. The summed E-state index contributed by atoms with van der Waals surface area (Å²) in [6.45, 7) is 0.543. The highest BCUT2D eigenvalue weighted by molar-refractivity contribution is 5.83. The van der Waals surface area contributed by atoms with Crippen molar-refractivity contribution < 1.29 is 4.74 Å². The van der Waals surface area contributed by atoms with Gasteiger partial charge in [-0.2, -0.15) is 0 Å². The molecule has 0 spiro atoms. The van der Waals surface area contributed by atoms with E-state index in [1.54, 1.807) is 0 Å². The van der Waals surface area contributed by atoms with Gasteiger partial charge in [-0.1, -0.05) is 78.9 Å². The molecule has 1 atom stereocenters. The predicted molar refractivity (Wildman–Crippen MR) is 110 cm³/mol. The second-order valence-corrected chi connectivity index (χ2v) is 6.55. The smallest absolute Gasteiger partial charge is 0.120 e. The number of fused-ring (bicyclic) bond motifs is 1. The zero-order valence-corrected chi connectivity index (χ0v) is 15.0. The fourth-order valence-corrected chi connectivity index (χ4v) is 3.30. The third kappa shape index (κ3) is 4.00. The van der Waals surface area contributed by atoms with Crippen LogP contribution < -0.4 is 16.0 Å². The van der Waals surface area contributed by atoms with Crippen molar-refractivity contribution in [2.75, 3.05) is 0 Å². The number of hydrogen-bond acceptors (Lipinski definition) is 3. The number of rotatable bonds is 6. The molecule has 0 heterocycles. The topological polar surface area (TPSA) is 47.3 Å². The Bertz CT molecular complexity index is 1030. The van der Waals surface area contributed by atoms with E-state index < -0.39 is 0 Å². The molecule has 27 heavy (non-hydrogen) atoms. The molecule has 0 radical (unpaired) electrons. The molecule has 4 rings (SSSR count). The molecule has 0 bridgehead atoms. The minimum atomic E-state index is -0.102. The summed E-state index contributed by atoms with van der Waals surface area (Å²) in [4.78, 5) is 0. The normalized spacial score (nSPS) is 12.0. The molecule has 0 aliphatic rings. The summed E-state index contributed by atoms with van der Waals surface area (Å²) in [6, 6.07) is 32.9. The Kier molecular flexibility index (Phi) is 5.15. The molecule has 0 aliphatic heterocycles. The van der Waals surface area contributed by atoms with Crippen molar-refractivity contribution >= 4 is 10.8 Å². The van der Waals surface area contributed by atoms with Crippen LogP contribution in [0.15, 0.2) is 97.1 Å². The van der Waals surface area contributed by atoms with Gasteiger partial charge in [0.25, 0.3) is 0 Å². The molecule has 3 N–H and O–H groups in total. The van der Waals surface area contributed by atoms with Crippen molar-refractivity contribution in [3.05, 3.63) is 114 Å². The molecule has 3 heteroatoms. The van der Waals surface area contributed by atoms with E-state index in [4.69, 9.17) is 10.6 Å². The van der Waals surface area contributed by atoms with Crippen LogP contribution in [0.25, 0.3) is 10.8 Å². The molecule has 0 fully saturated rings. The Morgan fingerprint density at radius 3 is 2.26 bits per heavy atom. The van der Waals surface area contributed by atoms with Crippen molar-refractivity contribution in [1.82, 2.24) is 5.43 Å². The summed E-state index contributed by atoms with van der Waals surface area (Å²) in [5.41, 5.74) is 6.28. The number of nitrogens with two attached hydrogens (primary N) is 1. The van der Waals surface area contributed by atoms with Crippen LogP contribution >= 0.6 is 0 Å². The zero-order chi connectivity index (χ0) is 18.5. The van der Waals surface area contributed by atoms with Gasteiger partial charge in [0.05, 0.1) is 6.04 Å². The maximum absolute atomic E-state index is 5.96. The lowest BCUT2D eigenvalue weighted by atomic mass is 9.96. The second kappa shape index (κ2) is 8.04. The minimum absolute atomic E-state index is 0.102. The average molecular weight is 354 g/mol. The highest BCUT2D eigenvalue weighted by atomic mass is 16.5. The molecule has 4 aromatic carbocycles. The lowest BCUT2D eigenvalue weighted by Gasteiger charge is -2.18. The number of hydrogen-bond donors (Lipinski definition) is 2. The molecule has 0 aromatic heterocycles. The van der Waals surface area contributed by atoms with E-state index in [2.05, 4.69) is 60.0 Å². The van der Waals surface area contributed by atoms with E-state index in [1.807, 2.05) is 42.5 Å². The Morgan fingerprint density at radius 1 is 0.704 bits per heavy atom. The van der Waals surface area contributed by atoms with Gasteiger partial charge in [-0.25, -0.2) is 5.43 Å². The van der Waals surface area contributed by atoms with Crippen molar-refractivity contribution in [2.45, 2.75) is 12.6 Å². The van der Waals surface area contributed by atoms with Gasteiger partial charge in [0.1, 0.15) is 12.4 Å². The van der Waals surface area contributed by atoms with Crippen LogP contribution in [0.1, 0.15) is 22.7 Å². The van der Waals surface area contributed by atoms with Gasteiger partial charge in [0.2, 0.25) is 0 Å². The van der Waals surface area contributed by atoms with Gasteiger partial charge in [0.15, 0.2) is 0 Å². The third-order valence-electron chi connectivity index (χ3n) is 4.71. The van der Waals surface area contributed by atoms with E-state index in [1.165, 1.54) is 10.8 Å². The van der Waals surface area contributed by atoms with Gasteiger partial charge in [-0.15, -0.1) is 0 Å². The summed E-state index contributed by atoms with van der Waals surface area (Å²) in [5, 5.41) is 2.42. The van der Waals surface area contributed by atoms with Gasteiger partial charge in [-0.05, 0) is 45.7 Å². The van der Waals surface area contributed by atoms with Crippen LogP contribution in [-0.4, -0.2) is 0 Å². The SMILES string of the molecule is NNC(c1cccc(OCc2ccccc2)c1)c1ccc2ccccc2c1. The largest absolute Gasteiger partial charge is 0.489 e. The Balaban J connectivity index is 1.58. The van der Waals surface area contributed by atoms with Crippen molar-refractivity contribution in [3.63, 3.8) is 0 Å². The lowest BCUT2D eigenvalue weighted by molar-refractivity contribution is 0.305. The molecule has 0 amide bonds. The van der Waals surface area contributed by atoms with E-state index in [0.717, 1.165) is 22.4 Å². The first kappa shape index (κ1) is 17.3. The minimum Gasteiger partial charge on any atom is -0.489 e. The van der Waals surface area contributed by atoms with Crippen LogP contribution in [0.2, 0.25) is 0 Å². The van der Waals surface area contributed by atoms with Crippen LogP contribution in [0.3, 0.4) is 0 Å². The standard InChI is InChI=1S/C24H22N2O/c25-26-24(22-14-13-19-9-4-5-10-20(19)15-22)21-11-6-12-23(16-21)27-17-18-7-2-1-3-8-18/h1-16,24,26H,17,25H2. The highest BCUT2D eigenvalue weighted by Gasteiger charge is 2.13. The van der Waals surface area contributed by atoms with Crippen LogP contribution in [0, 0.1) is 0 Å². The van der Waals surface area contributed by atoms with E-state index in [9.17, 15) is 0 Å². The van der Waals surface area contributed by atoms with Crippen molar-refractivity contribution in [3.8, 4) is 5.75 Å². The fourth-order valence-electron chi connectivity index (χ4n) is 3.30. The lowest BCUT2D eigenvalue weighted by Crippen LogP contribution is -2.28. The molecule has 0 saturated carbocycles. The summed E-state index contributed by atoms with van der Waals surface area (Å²) >= 11 is 0. The number of benzene rings is 4. The molecule has 3 nitrogen and oxygen atoms in total. The van der Waals surface area contributed by atoms with Crippen molar-refractivity contribution in [1.29, 1.82) is 0 Å². The first-order chi connectivity index (χ1) is 13.3. The molecule has 1 unspecified atom stereocenters. The third-order valence-corrected chi connectivity index (χ3v) is 4.71. The zero-order valence-electron chi connectivity index (χ0n) is 15.0. The molecule has 0 aliphatic carbocycles. The van der Waals surface area contributed by atoms with E-state index in [-0.39, 0.29) is 6.04 Å². The maximum Gasteiger partial charge on any atom is 0.120 e. The quantitative estimate of drug-likeness (QED) is 0.379. The number of nitrogens with one attached hydrogen (secondary N) is 1. The number of hydrazine groups is 1. The molecular formula is C24H22N2O. The van der Waals surface area contributed by atoms with Gasteiger partial charge in [0, 0.05) is 0 Å². The molecule has 4 aromatic rings. The maximum atomic E-state index is 5.96. The van der Waals surface area contributed by atoms with Gasteiger partial charge in [-0.3, -0.25) is 5.84 Å². The second-order valence-electron chi connectivity index (χ2n) is 6.55.